The molecule has 0 saturated carbocycles. The molecule has 0 aliphatic carbocycles. The Balaban J connectivity index is 2.31. The van der Waals surface area contributed by atoms with Gasteiger partial charge in [0.05, 0.1) is 6.61 Å². The molecule has 1 aliphatic heterocycles. The smallest absolute Gasteiger partial charge is 0.383 e. The van der Waals surface area contributed by atoms with E-state index in [0.29, 0.717) is 26.2 Å². The van der Waals surface area contributed by atoms with E-state index in [1.165, 1.54) is 0 Å². The molecule has 1 heterocycles. The van der Waals surface area contributed by atoms with Crippen molar-refractivity contribution >= 4 is 0 Å². The number of hydrogen-bond donors (Lipinski definition) is 1. The first kappa shape index (κ1) is 17.7. The molecular formula is C13H24F3NO3. The summed E-state index contributed by atoms with van der Waals surface area (Å²) in [6, 6.07) is 0. The van der Waals surface area contributed by atoms with Gasteiger partial charge in [0.2, 0.25) is 0 Å². The van der Waals surface area contributed by atoms with Gasteiger partial charge in [0.25, 0.3) is 0 Å². The molecule has 20 heavy (non-hydrogen) atoms. The molecule has 0 aromatic carbocycles. The SMILES string of the molecule is COCCNCC1(CCOCC(F)(F)F)CCOCC1. The van der Waals surface area contributed by atoms with Gasteiger partial charge < -0.3 is 19.5 Å². The standard InChI is InChI=1S/C13H24F3NO3/c1-18-9-5-17-10-12(2-6-19-7-3-12)4-8-20-11-13(14,15)16/h17H,2-11H2,1H3. The summed E-state index contributed by atoms with van der Waals surface area (Å²) in [5.74, 6) is 0. The lowest BCUT2D eigenvalue weighted by Crippen LogP contribution is -2.41. The molecule has 0 aromatic rings. The zero-order valence-electron chi connectivity index (χ0n) is 11.9. The Morgan fingerprint density at radius 3 is 2.50 bits per heavy atom. The predicted molar refractivity (Wildman–Crippen MR) is 68.7 cm³/mol. The summed E-state index contributed by atoms with van der Waals surface area (Å²) in [5.41, 5.74) is -0.0302. The maximum atomic E-state index is 12.0. The van der Waals surface area contributed by atoms with Crippen LogP contribution in [0.1, 0.15) is 19.3 Å². The van der Waals surface area contributed by atoms with E-state index in [1.54, 1.807) is 7.11 Å². The summed E-state index contributed by atoms with van der Waals surface area (Å²) in [7, 11) is 1.64. The number of halogens is 3. The van der Waals surface area contributed by atoms with Crippen LogP contribution in [-0.4, -0.2) is 59.4 Å². The van der Waals surface area contributed by atoms with Gasteiger partial charge in [-0.25, -0.2) is 0 Å². The minimum Gasteiger partial charge on any atom is -0.383 e. The van der Waals surface area contributed by atoms with Gasteiger partial charge in [0, 0.05) is 40.0 Å². The largest absolute Gasteiger partial charge is 0.411 e. The zero-order chi connectivity index (χ0) is 14.9. The molecule has 0 aromatic heterocycles. The number of nitrogens with one attached hydrogen (secondary N) is 1. The van der Waals surface area contributed by atoms with E-state index < -0.39 is 12.8 Å². The minimum atomic E-state index is -4.25. The first-order chi connectivity index (χ1) is 9.47. The van der Waals surface area contributed by atoms with Crippen LogP contribution in [0.5, 0.6) is 0 Å². The van der Waals surface area contributed by atoms with Crippen LogP contribution in [0.2, 0.25) is 0 Å². The lowest BCUT2D eigenvalue weighted by atomic mass is 9.77. The maximum absolute atomic E-state index is 12.0. The van der Waals surface area contributed by atoms with Crippen molar-refractivity contribution in [3.8, 4) is 0 Å². The van der Waals surface area contributed by atoms with Gasteiger partial charge in [-0.05, 0) is 24.7 Å². The van der Waals surface area contributed by atoms with Gasteiger partial charge in [-0.3, -0.25) is 0 Å². The van der Waals surface area contributed by atoms with Crippen molar-refractivity contribution < 1.29 is 27.4 Å². The Bertz CT molecular complexity index is 256. The Kier molecular flexibility index (Phi) is 7.79. The van der Waals surface area contributed by atoms with Crippen molar-refractivity contribution in [1.82, 2.24) is 5.32 Å². The average Bonchev–Trinajstić information content (AvgIpc) is 2.40. The number of methoxy groups -OCH3 is 1. The molecule has 0 atom stereocenters. The molecule has 0 spiro atoms. The molecule has 0 radical (unpaired) electrons. The van der Waals surface area contributed by atoms with Crippen LogP contribution in [0.25, 0.3) is 0 Å². The van der Waals surface area contributed by atoms with Crippen LogP contribution < -0.4 is 5.32 Å². The van der Waals surface area contributed by atoms with Gasteiger partial charge in [0.1, 0.15) is 6.61 Å². The van der Waals surface area contributed by atoms with Crippen molar-refractivity contribution in [2.45, 2.75) is 25.4 Å². The van der Waals surface area contributed by atoms with Gasteiger partial charge in [0.15, 0.2) is 0 Å². The Morgan fingerprint density at radius 1 is 1.20 bits per heavy atom. The number of alkyl halides is 3. The second-order valence-corrected chi connectivity index (χ2v) is 5.20. The average molecular weight is 299 g/mol. The third kappa shape index (κ3) is 7.42. The fraction of sp³-hybridized carbons (Fsp3) is 1.00. The van der Waals surface area contributed by atoms with E-state index in [0.717, 1.165) is 25.9 Å². The van der Waals surface area contributed by atoms with E-state index >= 15 is 0 Å². The van der Waals surface area contributed by atoms with Gasteiger partial charge >= 0.3 is 6.18 Å². The first-order valence-electron chi connectivity index (χ1n) is 6.89. The Morgan fingerprint density at radius 2 is 1.90 bits per heavy atom. The zero-order valence-corrected chi connectivity index (χ0v) is 11.9. The Labute approximate surface area is 117 Å². The molecule has 1 saturated heterocycles. The van der Waals surface area contributed by atoms with Crippen LogP contribution >= 0.6 is 0 Å². The molecule has 120 valence electrons. The van der Waals surface area contributed by atoms with Crippen LogP contribution in [0, 0.1) is 5.41 Å². The molecule has 0 unspecified atom stereocenters. The fourth-order valence-electron chi connectivity index (χ4n) is 2.32. The number of hydrogen-bond acceptors (Lipinski definition) is 4. The van der Waals surface area contributed by atoms with E-state index in [1.807, 2.05) is 0 Å². The van der Waals surface area contributed by atoms with E-state index in [4.69, 9.17) is 14.2 Å². The van der Waals surface area contributed by atoms with Crippen molar-refractivity contribution in [2.75, 3.05) is 53.2 Å². The molecule has 7 heteroatoms. The minimum absolute atomic E-state index is 0.0302. The Hall–Kier alpha value is -0.370. The fourth-order valence-corrected chi connectivity index (χ4v) is 2.32. The summed E-state index contributed by atoms with van der Waals surface area (Å²) in [6.45, 7) is 2.40. The monoisotopic (exact) mass is 299 g/mol. The highest BCUT2D eigenvalue weighted by atomic mass is 19.4. The number of ether oxygens (including phenoxy) is 3. The van der Waals surface area contributed by atoms with E-state index in [2.05, 4.69) is 5.32 Å². The first-order valence-corrected chi connectivity index (χ1v) is 6.89. The van der Waals surface area contributed by atoms with Crippen LogP contribution in [0.3, 0.4) is 0 Å². The molecular weight excluding hydrogens is 275 g/mol. The summed E-state index contributed by atoms with van der Waals surface area (Å²) in [4.78, 5) is 0. The van der Waals surface area contributed by atoms with Crippen molar-refractivity contribution in [2.24, 2.45) is 5.41 Å². The third-order valence-corrected chi connectivity index (χ3v) is 3.58. The lowest BCUT2D eigenvalue weighted by molar-refractivity contribution is -0.176. The third-order valence-electron chi connectivity index (χ3n) is 3.58. The highest BCUT2D eigenvalue weighted by Gasteiger charge is 2.33. The lowest BCUT2D eigenvalue weighted by Gasteiger charge is -2.37. The summed E-state index contributed by atoms with van der Waals surface area (Å²) < 4.78 is 51.1. The van der Waals surface area contributed by atoms with Gasteiger partial charge in [-0.2, -0.15) is 13.2 Å². The van der Waals surface area contributed by atoms with Crippen LogP contribution in [0.15, 0.2) is 0 Å². The maximum Gasteiger partial charge on any atom is 0.411 e. The molecule has 1 fully saturated rings. The summed E-state index contributed by atoms with van der Waals surface area (Å²) in [6.07, 6.45) is -1.93. The quantitative estimate of drug-likeness (QED) is 0.661. The van der Waals surface area contributed by atoms with E-state index in [-0.39, 0.29) is 12.0 Å². The van der Waals surface area contributed by atoms with Crippen LogP contribution in [0.4, 0.5) is 13.2 Å². The second kappa shape index (κ2) is 8.81. The molecule has 1 rings (SSSR count). The second-order valence-electron chi connectivity index (χ2n) is 5.20. The van der Waals surface area contributed by atoms with Crippen molar-refractivity contribution in [3.05, 3.63) is 0 Å². The van der Waals surface area contributed by atoms with Gasteiger partial charge in [-0.1, -0.05) is 0 Å². The summed E-state index contributed by atoms with van der Waals surface area (Å²) in [5, 5.41) is 3.30. The van der Waals surface area contributed by atoms with E-state index in [9.17, 15) is 13.2 Å². The van der Waals surface area contributed by atoms with Gasteiger partial charge in [-0.15, -0.1) is 0 Å². The molecule has 0 bridgehead atoms. The topological polar surface area (TPSA) is 39.7 Å². The highest BCUT2D eigenvalue weighted by molar-refractivity contribution is 4.84. The highest BCUT2D eigenvalue weighted by Crippen LogP contribution is 2.33. The summed E-state index contributed by atoms with van der Waals surface area (Å²) >= 11 is 0. The van der Waals surface area contributed by atoms with Crippen molar-refractivity contribution in [1.29, 1.82) is 0 Å². The molecule has 4 nitrogen and oxygen atoms in total. The normalized spacial score (nSPS) is 19.2. The van der Waals surface area contributed by atoms with Crippen molar-refractivity contribution in [3.63, 3.8) is 0 Å². The molecule has 0 amide bonds. The molecule has 1 aliphatic rings. The predicted octanol–water partition coefficient (Wildman–Crippen LogP) is 1.99. The molecule has 1 N–H and O–H groups in total. The number of rotatable bonds is 9. The van der Waals surface area contributed by atoms with Crippen LogP contribution in [-0.2, 0) is 14.2 Å².